The molecule has 0 heterocycles. The van der Waals surface area contributed by atoms with Crippen LogP contribution in [0.15, 0.2) is 23.1 Å². The quantitative estimate of drug-likeness (QED) is 0.332. The zero-order valence-corrected chi connectivity index (χ0v) is 11.8. The molecular formula is C13H17NO4S. The molecule has 0 aliphatic heterocycles. The highest BCUT2D eigenvalue weighted by Crippen LogP contribution is 2.38. The summed E-state index contributed by atoms with van der Waals surface area (Å²) in [7, 11) is 3.06. The van der Waals surface area contributed by atoms with Crippen LogP contribution < -0.4 is 0 Å². The van der Waals surface area contributed by atoms with Gasteiger partial charge in [-0.3, -0.25) is 10.1 Å². The van der Waals surface area contributed by atoms with Gasteiger partial charge < -0.3 is 9.47 Å². The van der Waals surface area contributed by atoms with E-state index >= 15 is 0 Å². The van der Waals surface area contributed by atoms with E-state index in [4.69, 9.17) is 9.47 Å². The molecule has 19 heavy (non-hydrogen) atoms. The van der Waals surface area contributed by atoms with Crippen LogP contribution in [0.1, 0.15) is 24.7 Å². The minimum atomic E-state index is -0.568. The first-order chi connectivity index (χ1) is 9.15. The third-order valence-corrected chi connectivity index (χ3v) is 4.38. The zero-order valence-electron chi connectivity index (χ0n) is 11.0. The van der Waals surface area contributed by atoms with E-state index in [-0.39, 0.29) is 5.69 Å². The molecule has 2 rings (SSSR count). The lowest BCUT2D eigenvalue weighted by atomic mass is 10.2. The second-order valence-corrected chi connectivity index (χ2v) is 5.60. The van der Waals surface area contributed by atoms with Gasteiger partial charge in [-0.15, -0.1) is 11.8 Å². The van der Waals surface area contributed by atoms with Crippen LogP contribution in [0.4, 0.5) is 5.69 Å². The first kappa shape index (κ1) is 14.3. The van der Waals surface area contributed by atoms with Crippen LogP contribution in [-0.2, 0) is 9.47 Å². The maximum Gasteiger partial charge on any atom is 0.269 e. The molecule has 0 saturated heterocycles. The highest BCUT2D eigenvalue weighted by Gasteiger charge is 2.24. The third-order valence-electron chi connectivity index (χ3n) is 3.06. The number of nitro groups is 1. The van der Waals surface area contributed by atoms with Crippen molar-refractivity contribution in [3.63, 3.8) is 0 Å². The number of benzene rings is 1. The molecule has 1 aromatic carbocycles. The number of non-ortho nitro benzene ring substituents is 1. The molecule has 0 aromatic heterocycles. The largest absolute Gasteiger partial charge is 0.352 e. The van der Waals surface area contributed by atoms with Crippen LogP contribution in [0.2, 0.25) is 0 Å². The van der Waals surface area contributed by atoms with E-state index in [1.165, 1.54) is 39.2 Å². The normalized spacial score (nSPS) is 14.9. The van der Waals surface area contributed by atoms with Crippen molar-refractivity contribution in [3.8, 4) is 0 Å². The minimum absolute atomic E-state index is 0.0601. The van der Waals surface area contributed by atoms with Crippen molar-refractivity contribution < 1.29 is 14.4 Å². The van der Waals surface area contributed by atoms with Gasteiger partial charge in [-0.25, -0.2) is 0 Å². The van der Waals surface area contributed by atoms with E-state index in [2.05, 4.69) is 0 Å². The summed E-state index contributed by atoms with van der Waals surface area (Å²) in [6, 6.07) is 4.85. The Morgan fingerprint density at radius 2 is 2.11 bits per heavy atom. The number of hydrogen-bond donors (Lipinski definition) is 0. The highest BCUT2D eigenvalue weighted by molar-refractivity contribution is 7.99. The lowest BCUT2D eigenvalue weighted by molar-refractivity contribution is -0.385. The molecule has 0 bridgehead atoms. The Labute approximate surface area is 116 Å². The van der Waals surface area contributed by atoms with Crippen LogP contribution in [0.3, 0.4) is 0 Å². The summed E-state index contributed by atoms with van der Waals surface area (Å²) in [5, 5.41) is 10.9. The topological polar surface area (TPSA) is 61.6 Å². The first-order valence-electron chi connectivity index (χ1n) is 6.12. The van der Waals surface area contributed by atoms with E-state index in [1.54, 1.807) is 17.8 Å². The smallest absolute Gasteiger partial charge is 0.269 e. The summed E-state index contributed by atoms with van der Waals surface area (Å²) in [6.07, 6.45) is 2.00. The summed E-state index contributed by atoms with van der Waals surface area (Å²) in [4.78, 5) is 11.4. The second kappa shape index (κ2) is 6.36. The summed E-state index contributed by atoms with van der Waals surface area (Å²) in [6.45, 7) is 0. The van der Waals surface area contributed by atoms with Crippen molar-refractivity contribution in [3.05, 3.63) is 33.9 Å². The Bertz CT molecular complexity index is 458. The predicted octanol–water partition coefficient (Wildman–Crippen LogP) is 3.39. The lowest BCUT2D eigenvalue weighted by Gasteiger charge is -2.17. The maximum absolute atomic E-state index is 10.9. The Morgan fingerprint density at radius 1 is 1.42 bits per heavy atom. The van der Waals surface area contributed by atoms with Crippen molar-refractivity contribution in [2.45, 2.75) is 24.0 Å². The van der Waals surface area contributed by atoms with Crippen molar-refractivity contribution in [1.82, 2.24) is 0 Å². The zero-order chi connectivity index (χ0) is 13.8. The fourth-order valence-corrected chi connectivity index (χ4v) is 3.04. The van der Waals surface area contributed by atoms with Gasteiger partial charge in [0.15, 0.2) is 6.29 Å². The number of nitrogens with zero attached hydrogens (tertiary/aromatic N) is 1. The standard InChI is InChI=1S/C13H17NO4S/c1-17-13(18-2)11-7-10(14(15)16)5-6-12(11)19-8-9-3-4-9/h5-7,9,13H,3-4,8H2,1-2H3. The second-order valence-electron chi connectivity index (χ2n) is 4.54. The van der Waals surface area contributed by atoms with Crippen LogP contribution in [-0.4, -0.2) is 24.9 Å². The number of methoxy groups -OCH3 is 2. The Hall–Kier alpha value is -1.11. The number of hydrogen-bond acceptors (Lipinski definition) is 5. The Kier molecular flexibility index (Phi) is 4.79. The van der Waals surface area contributed by atoms with Gasteiger partial charge >= 0.3 is 0 Å². The molecule has 1 saturated carbocycles. The van der Waals surface area contributed by atoms with E-state index in [0.29, 0.717) is 0 Å². The molecule has 0 unspecified atom stereocenters. The van der Waals surface area contributed by atoms with Gasteiger partial charge in [-0.2, -0.15) is 0 Å². The Morgan fingerprint density at radius 3 is 2.63 bits per heavy atom. The summed E-state index contributed by atoms with van der Waals surface area (Å²) in [5.74, 6) is 1.84. The fraction of sp³-hybridized carbons (Fsp3) is 0.538. The molecule has 6 heteroatoms. The van der Waals surface area contributed by atoms with E-state index in [1.807, 2.05) is 0 Å². The van der Waals surface area contributed by atoms with Crippen molar-refractivity contribution in [2.24, 2.45) is 5.92 Å². The van der Waals surface area contributed by atoms with Crippen LogP contribution in [0.25, 0.3) is 0 Å². The van der Waals surface area contributed by atoms with Gasteiger partial charge in [0, 0.05) is 42.6 Å². The number of ether oxygens (including phenoxy) is 2. The molecule has 0 radical (unpaired) electrons. The van der Waals surface area contributed by atoms with Crippen LogP contribution in [0, 0.1) is 16.0 Å². The van der Waals surface area contributed by atoms with Crippen LogP contribution in [0.5, 0.6) is 0 Å². The van der Waals surface area contributed by atoms with Crippen molar-refractivity contribution in [2.75, 3.05) is 20.0 Å². The fourth-order valence-electron chi connectivity index (χ4n) is 1.81. The van der Waals surface area contributed by atoms with Gasteiger partial charge in [-0.05, 0) is 24.8 Å². The average Bonchev–Trinajstić information content (AvgIpc) is 3.22. The molecule has 0 N–H and O–H groups in total. The maximum atomic E-state index is 10.9. The van der Waals surface area contributed by atoms with E-state index in [9.17, 15) is 10.1 Å². The highest BCUT2D eigenvalue weighted by atomic mass is 32.2. The molecule has 1 aliphatic carbocycles. The van der Waals surface area contributed by atoms with E-state index in [0.717, 1.165) is 22.1 Å². The SMILES string of the molecule is COC(OC)c1cc([N+](=O)[O-])ccc1SCC1CC1. The number of thioether (sulfide) groups is 1. The molecule has 1 aromatic rings. The Balaban J connectivity index is 2.25. The molecular weight excluding hydrogens is 266 g/mol. The van der Waals surface area contributed by atoms with Gasteiger partial charge in [0.2, 0.25) is 0 Å². The number of nitro benzene ring substituents is 1. The summed E-state index contributed by atoms with van der Waals surface area (Å²) >= 11 is 1.71. The first-order valence-corrected chi connectivity index (χ1v) is 7.11. The van der Waals surface area contributed by atoms with Gasteiger partial charge in [0.05, 0.1) is 4.92 Å². The summed E-state index contributed by atoms with van der Waals surface area (Å²) in [5.41, 5.74) is 0.787. The molecule has 0 amide bonds. The van der Waals surface area contributed by atoms with Crippen molar-refractivity contribution >= 4 is 17.4 Å². The van der Waals surface area contributed by atoms with E-state index < -0.39 is 11.2 Å². The molecule has 104 valence electrons. The van der Waals surface area contributed by atoms with Crippen LogP contribution >= 0.6 is 11.8 Å². The number of rotatable bonds is 7. The molecule has 5 nitrogen and oxygen atoms in total. The van der Waals surface area contributed by atoms with Gasteiger partial charge in [-0.1, -0.05) is 0 Å². The average molecular weight is 283 g/mol. The van der Waals surface area contributed by atoms with Gasteiger partial charge in [0.1, 0.15) is 0 Å². The van der Waals surface area contributed by atoms with Gasteiger partial charge in [0.25, 0.3) is 5.69 Å². The van der Waals surface area contributed by atoms with Crippen molar-refractivity contribution in [1.29, 1.82) is 0 Å². The molecule has 1 fully saturated rings. The third kappa shape index (κ3) is 3.68. The molecule has 0 atom stereocenters. The molecule has 1 aliphatic rings. The molecule has 0 spiro atoms. The minimum Gasteiger partial charge on any atom is -0.352 e. The predicted molar refractivity (Wildman–Crippen MR) is 73.3 cm³/mol. The summed E-state index contributed by atoms with van der Waals surface area (Å²) < 4.78 is 10.5. The lowest BCUT2D eigenvalue weighted by Crippen LogP contribution is -2.06. The monoisotopic (exact) mass is 283 g/mol.